The summed E-state index contributed by atoms with van der Waals surface area (Å²) in [7, 11) is 0. The quantitative estimate of drug-likeness (QED) is 0.523. The highest BCUT2D eigenvalue weighted by Crippen LogP contribution is 2.19. The Morgan fingerprint density at radius 1 is 1.23 bits per heavy atom. The van der Waals surface area contributed by atoms with E-state index >= 15 is 0 Å². The molecule has 0 saturated carbocycles. The predicted octanol–water partition coefficient (Wildman–Crippen LogP) is 4.21. The maximum absolute atomic E-state index is 6.08. The molecule has 0 fully saturated rings. The second kappa shape index (κ2) is 5.51. The lowest BCUT2D eigenvalue weighted by atomic mass is 10.1. The molecular weight excluding hydrogens is 203 g/mol. The number of hydrogen-bond acceptors (Lipinski definition) is 0. The Bertz CT molecular complexity index is 269. The van der Waals surface area contributed by atoms with E-state index in [4.69, 9.17) is 23.2 Å². The van der Waals surface area contributed by atoms with Crippen LogP contribution in [0.25, 0.3) is 0 Å². The number of rotatable bonds is 4. The Balaban J connectivity index is 2.56. The third-order valence-corrected chi connectivity index (χ3v) is 2.66. The Hall–Kier alpha value is -0.200. The van der Waals surface area contributed by atoms with E-state index in [2.05, 4.69) is 19.1 Å². The van der Waals surface area contributed by atoms with E-state index in [1.165, 1.54) is 11.1 Å². The van der Waals surface area contributed by atoms with Crippen LogP contribution in [-0.2, 0) is 6.42 Å². The molecule has 0 amide bonds. The molecule has 0 saturated heterocycles. The molecule has 0 N–H and O–H groups in total. The molecule has 0 radical (unpaired) electrons. The van der Waals surface area contributed by atoms with Gasteiger partial charge in [0, 0.05) is 10.9 Å². The van der Waals surface area contributed by atoms with Crippen LogP contribution in [0.3, 0.4) is 0 Å². The van der Waals surface area contributed by atoms with Crippen molar-refractivity contribution in [1.82, 2.24) is 0 Å². The van der Waals surface area contributed by atoms with Crippen LogP contribution in [0.15, 0.2) is 18.2 Å². The van der Waals surface area contributed by atoms with E-state index in [9.17, 15) is 0 Å². The van der Waals surface area contributed by atoms with E-state index in [-0.39, 0.29) is 0 Å². The smallest absolute Gasteiger partial charge is 0.0440 e. The number of halogens is 2. The molecule has 0 nitrogen and oxygen atoms in total. The first-order valence-corrected chi connectivity index (χ1v) is 5.46. The average molecular weight is 217 g/mol. The molecule has 0 aliphatic carbocycles. The van der Waals surface area contributed by atoms with Gasteiger partial charge in [-0.15, -0.1) is 11.6 Å². The molecule has 0 aromatic heterocycles. The van der Waals surface area contributed by atoms with Crippen molar-refractivity contribution in [2.24, 2.45) is 0 Å². The van der Waals surface area contributed by atoms with Gasteiger partial charge in [-0.2, -0.15) is 0 Å². The zero-order valence-corrected chi connectivity index (χ0v) is 9.33. The molecule has 1 aromatic rings. The van der Waals surface area contributed by atoms with Gasteiger partial charge in [0.25, 0.3) is 0 Å². The van der Waals surface area contributed by atoms with Crippen LogP contribution < -0.4 is 0 Å². The number of unbranched alkanes of at least 4 members (excludes halogenated alkanes) is 1. The van der Waals surface area contributed by atoms with Crippen LogP contribution in [0.1, 0.15) is 24.0 Å². The van der Waals surface area contributed by atoms with E-state index in [1.54, 1.807) is 0 Å². The molecule has 0 aliphatic rings. The average Bonchev–Trinajstić information content (AvgIpc) is 2.09. The molecule has 1 aromatic carbocycles. The van der Waals surface area contributed by atoms with Crippen molar-refractivity contribution in [2.75, 3.05) is 5.88 Å². The molecule has 0 spiro atoms. The van der Waals surface area contributed by atoms with Gasteiger partial charge in [-0.05, 0) is 43.4 Å². The normalized spacial score (nSPS) is 10.4. The summed E-state index contributed by atoms with van der Waals surface area (Å²) in [5, 5.41) is 0.884. The van der Waals surface area contributed by atoms with Crippen molar-refractivity contribution in [1.29, 1.82) is 0 Å². The van der Waals surface area contributed by atoms with Gasteiger partial charge in [0.1, 0.15) is 0 Å². The van der Waals surface area contributed by atoms with Crippen LogP contribution in [0.2, 0.25) is 5.02 Å². The SMILES string of the molecule is Cc1ccc(CCCCCl)c(Cl)c1. The van der Waals surface area contributed by atoms with Gasteiger partial charge in [-0.1, -0.05) is 23.7 Å². The zero-order valence-electron chi connectivity index (χ0n) is 7.82. The third kappa shape index (κ3) is 3.58. The van der Waals surface area contributed by atoms with Crippen molar-refractivity contribution < 1.29 is 0 Å². The molecule has 72 valence electrons. The summed E-state index contributed by atoms with van der Waals surface area (Å²) in [4.78, 5) is 0. The van der Waals surface area contributed by atoms with Crippen LogP contribution in [0.4, 0.5) is 0 Å². The minimum Gasteiger partial charge on any atom is -0.127 e. The molecule has 0 heterocycles. The molecule has 0 bridgehead atoms. The number of benzene rings is 1. The van der Waals surface area contributed by atoms with Crippen molar-refractivity contribution in [3.05, 3.63) is 34.3 Å². The zero-order chi connectivity index (χ0) is 9.68. The predicted molar refractivity (Wildman–Crippen MR) is 59.8 cm³/mol. The summed E-state index contributed by atoms with van der Waals surface area (Å²) in [6.07, 6.45) is 3.21. The lowest BCUT2D eigenvalue weighted by Crippen LogP contribution is -1.88. The highest BCUT2D eigenvalue weighted by atomic mass is 35.5. The maximum atomic E-state index is 6.08. The van der Waals surface area contributed by atoms with E-state index in [0.717, 1.165) is 30.2 Å². The van der Waals surface area contributed by atoms with Gasteiger partial charge < -0.3 is 0 Å². The first kappa shape index (κ1) is 10.9. The number of alkyl halides is 1. The topological polar surface area (TPSA) is 0 Å². The van der Waals surface area contributed by atoms with E-state index in [0.29, 0.717) is 0 Å². The monoisotopic (exact) mass is 216 g/mol. The largest absolute Gasteiger partial charge is 0.127 e. The minimum atomic E-state index is 0.740. The second-order valence-corrected chi connectivity index (χ2v) is 4.03. The van der Waals surface area contributed by atoms with E-state index < -0.39 is 0 Å². The fourth-order valence-corrected chi connectivity index (χ4v) is 1.78. The van der Waals surface area contributed by atoms with Crippen molar-refractivity contribution in [3.8, 4) is 0 Å². The van der Waals surface area contributed by atoms with Crippen LogP contribution >= 0.6 is 23.2 Å². The number of hydrogen-bond donors (Lipinski definition) is 0. The van der Waals surface area contributed by atoms with Gasteiger partial charge in [-0.25, -0.2) is 0 Å². The second-order valence-electron chi connectivity index (χ2n) is 3.24. The lowest BCUT2D eigenvalue weighted by molar-refractivity contribution is 0.800. The highest BCUT2D eigenvalue weighted by Gasteiger charge is 1.99. The summed E-state index contributed by atoms with van der Waals surface area (Å²) in [5.41, 5.74) is 2.45. The van der Waals surface area contributed by atoms with Crippen LogP contribution in [-0.4, -0.2) is 5.88 Å². The Morgan fingerprint density at radius 3 is 2.62 bits per heavy atom. The molecule has 0 unspecified atom stereocenters. The molecule has 0 atom stereocenters. The van der Waals surface area contributed by atoms with Crippen LogP contribution in [0.5, 0.6) is 0 Å². The Morgan fingerprint density at radius 2 is 2.00 bits per heavy atom. The molecule has 0 aliphatic heterocycles. The number of aryl methyl sites for hydroxylation is 2. The Kier molecular flexibility index (Phi) is 4.61. The van der Waals surface area contributed by atoms with Gasteiger partial charge in [-0.3, -0.25) is 0 Å². The van der Waals surface area contributed by atoms with Gasteiger partial charge in [0.15, 0.2) is 0 Å². The van der Waals surface area contributed by atoms with Gasteiger partial charge >= 0.3 is 0 Å². The molecule has 13 heavy (non-hydrogen) atoms. The molecular formula is C11H14Cl2. The van der Waals surface area contributed by atoms with Crippen molar-refractivity contribution in [3.63, 3.8) is 0 Å². The maximum Gasteiger partial charge on any atom is 0.0440 e. The minimum absolute atomic E-state index is 0.740. The summed E-state index contributed by atoms with van der Waals surface area (Å²) in [6, 6.07) is 6.21. The van der Waals surface area contributed by atoms with Crippen LogP contribution in [0, 0.1) is 6.92 Å². The van der Waals surface area contributed by atoms with Crippen molar-refractivity contribution >= 4 is 23.2 Å². The fourth-order valence-electron chi connectivity index (χ4n) is 1.27. The highest BCUT2D eigenvalue weighted by molar-refractivity contribution is 6.31. The van der Waals surface area contributed by atoms with Gasteiger partial charge in [0.05, 0.1) is 0 Å². The lowest BCUT2D eigenvalue weighted by Gasteiger charge is -2.03. The van der Waals surface area contributed by atoms with E-state index in [1.807, 2.05) is 6.07 Å². The Labute approximate surface area is 89.9 Å². The summed E-state index contributed by atoms with van der Waals surface area (Å²) < 4.78 is 0. The molecule has 2 heteroatoms. The fraction of sp³-hybridized carbons (Fsp3) is 0.455. The summed E-state index contributed by atoms with van der Waals surface area (Å²) in [6.45, 7) is 2.05. The third-order valence-electron chi connectivity index (χ3n) is 2.04. The first-order chi connectivity index (χ1) is 6.24. The summed E-state index contributed by atoms with van der Waals surface area (Å²) >= 11 is 11.7. The molecule has 1 rings (SSSR count). The first-order valence-electron chi connectivity index (χ1n) is 4.55. The standard InChI is InChI=1S/C11H14Cl2/c1-9-5-6-10(11(13)8-9)4-2-3-7-12/h5-6,8H,2-4,7H2,1H3. The van der Waals surface area contributed by atoms with Crippen molar-refractivity contribution in [2.45, 2.75) is 26.2 Å². The van der Waals surface area contributed by atoms with Gasteiger partial charge in [0.2, 0.25) is 0 Å². The summed E-state index contributed by atoms with van der Waals surface area (Å²) in [5.74, 6) is 0.740.